The lowest BCUT2D eigenvalue weighted by atomic mass is 9.96. The van der Waals surface area contributed by atoms with E-state index < -0.39 is 17.4 Å². The molecule has 0 saturated carbocycles. The average Bonchev–Trinajstić information content (AvgIpc) is 2.88. The van der Waals surface area contributed by atoms with Crippen LogP contribution >= 0.6 is 11.6 Å². The second kappa shape index (κ2) is 7.21. The summed E-state index contributed by atoms with van der Waals surface area (Å²) < 4.78 is 0. The molecular formula is C17H21ClN2O4. The summed E-state index contributed by atoms with van der Waals surface area (Å²) in [6.07, 6.45) is 0.451. The quantitative estimate of drug-likeness (QED) is 0.823. The van der Waals surface area contributed by atoms with Crippen molar-refractivity contribution in [1.82, 2.24) is 5.32 Å². The molecule has 2 amide bonds. The number of hydrogen-bond donors (Lipinski definition) is 2. The molecule has 0 bridgehead atoms. The molecule has 1 aliphatic rings. The van der Waals surface area contributed by atoms with Gasteiger partial charge in [0.15, 0.2) is 0 Å². The molecule has 7 heteroatoms. The molecule has 6 nitrogen and oxygen atoms in total. The van der Waals surface area contributed by atoms with Crippen LogP contribution in [-0.4, -0.2) is 35.0 Å². The number of nitrogens with zero attached hydrogens (tertiary/aromatic N) is 1. The molecular weight excluding hydrogens is 332 g/mol. The van der Waals surface area contributed by atoms with Crippen LogP contribution in [0, 0.1) is 5.92 Å². The van der Waals surface area contributed by atoms with Gasteiger partial charge >= 0.3 is 5.97 Å². The first kappa shape index (κ1) is 18.3. The minimum Gasteiger partial charge on any atom is -0.481 e. The number of carboxylic acid groups (broad SMARTS) is 1. The van der Waals surface area contributed by atoms with Crippen molar-refractivity contribution in [3.63, 3.8) is 0 Å². The predicted molar refractivity (Wildman–Crippen MR) is 91.0 cm³/mol. The third-order valence-electron chi connectivity index (χ3n) is 4.06. The standard InChI is InChI=1S/C17H21ClN2O4/c1-17(2,8-7-15(22)23)19-16(24)11-9-14(21)20(10-11)13-5-3-12(18)4-6-13/h3-6,11H,7-10H2,1-2H3,(H,19,24)(H,22,23). The highest BCUT2D eigenvalue weighted by Gasteiger charge is 2.36. The number of benzene rings is 1. The van der Waals surface area contributed by atoms with Crippen molar-refractivity contribution in [3.05, 3.63) is 29.3 Å². The van der Waals surface area contributed by atoms with Crippen molar-refractivity contribution in [2.45, 2.75) is 38.6 Å². The summed E-state index contributed by atoms with van der Waals surface area (Å²) in [4.78, 5) is 36.9. The monoisotopic (exact) mass is 352 g/mol. The van der Waals surface area contributed by atoms with Gasteiger partial charge in [0.05, 0.1) is 5.92 Å². The molecule has 0 radical (unpaired) electrons. The molecule has 1 aliphatic heterocycles. The van der Waals surface area contributed by atoms with Crippen LogP contribution in [0.1, 0.15) is 33.1 Å². The maximum Gasteiger partial charge on any atom is 0.303 e. The molecule has 130 valence electrons. The van der Waals surface area contributed by atoms with E-state index in [9.17, 15) is 14.4 Å². The zero-order valence-electron chi connectivity index (χ0n) is 13.7. The van der Waals surface area contributed by atoms with Gasteiger partial charge in [-0.05, 0) is 44.5 Å². The molecule has 1 aromatic carbocycles. The molecule has 2 N–H and O–H groups in total. The number of rotatable bonds is 6. The highest BCUT2D eigenvalue weighted by Crippen LogP contribution is 2.27. The zero-order valence-corrected chi connectivity index (χ0v) is 14.5. The van der Waals surface area contributed by atoms with Gasteiger partial charge in [-0.2, -0.15) is 0 Å². The molecule has 0 aliphatic carbocycles. The zero-order chi connectivity index (χ0) is 17.9. The number of carbonyl (C=O) groups excluding carboxylic acids is 2. The van der Waals surface area contributed by atoms with Gasteiger partial charge in [0, 0.05) is 35.6 Å². The second-order valence-electron chi connectivity index (χ2n) is 6.65. The van der Waals surface area contributed by atoms with E-state index in [1.165, 1.54) is 0 Å². The number of hydrogen-bond acceptors (Lipinski definition) is 3. The highest BCUT2D eigenvalue weighted by molar-refractivity contribution is 6.30. The minimum atomic E-state index is -0.901. The first-order valence-corrected chi connectivity index (χ1v) is 8.15. The van der Waals surface area contributed by atoms with Crippen LogP contribution in [0.15, 0.2) is 24.3 Å². The lowest BCUT2D eigenvalue weighted by Gasteiger charge is -2.27. The molecule has 1 fully saturated rings. The smallest absolute Gasteiger partial charge is 0.303 e. The number of anilines is 1. The number of carboxylic acids is 1. The van der Waals surface area contributed by atoms with Crippen LogP contribution in [0.4, 0.5) is 5.69 Å². The van der Waals surface area contributed by atoms with Crippen molar-refractivity contribution < 1.29 is 19.5 Å². The van der Waals surface area contributed by atoms with Crippen molar-refractivity contribution in [2.24, 2.45) is 5.92 Å². The Morgan fingerprint density at radius 2 is 1.96 bits per heavy atom. The Balaban J connectivity index is 1.98. The second-order valence-corrected chi connectivity index (χ2v) is 7.09. The maximum absolute atomic E-state index is 12.4. The summed E-state index contributed by atoms with van der Waals surface area (Å²) in [5.41, 5.74) is 0.0801. The van der Waals surface area contributed by atoms with Crippen LogP contribution in [-0.2, 0) is 14.4 Å². The van der Waals surface area contributed by atoms with E-state index in [1.807, 2.05) is 0 Å². The SMILES string of the molecule is CC(C)(CCC(=O)O)NC(=O)C1CC(=O)N(c2ccc(Cl)cc2)C1. The van der Waals surface area contributed by atoms with Gasteiger partial charge in [0.2, 0.25) is 11.8 Å². The van der Waals surface area contributed by atoms with Crippen LogP contribution in [0.3, 0.4) is 0 Å². The van der Waals surface area contributed by atoms with E-state index in [2.05, 4.69) is 5.32 Å². The Kier molecular flexibility index (Phi) is 5.49. The Labute approximate surface area is 145 Å². The number of halogens is 1. The third kappa shape index (κ3) is 4.71. The number of carbonyl (C=O) groups is 3. The molecule has 1 heterocycles. The van der Waals surface area contributed by atoms with E-state index in [0.717, 1.165) is 0 Å². The van der Waals surface area contributed by atoms with Crippen molar-refractivity contribution in [3.8, 4) is 0 Å². The van der Waals surface area contributed by atoms with E-state index >= 15 is 0 Å². The number of nitrogens with one attached hydrogen (secondary N) is 1. The van der Waals surface area contributed by atoms with Crippen LogP contribution in [0.5, 0.6) is 0 Å². The molecule has 2 rings (SSSR count). The molecule has 24 heavy (non-hydrogen) atoms. The van der Waals surface area contributed by atoms with Crippen molar-refractivity contribution >= 4 is 35.1 Å². The van der Waals surface area contributed by atoms with Gasteiger partial charge in [-0.1, -0.05) is 11.6 Å². The topological polar surface area (TPSA) is 86.7 Å². The van der Waals surface area contributed by atoms with E-state index in [1.54, 1.807) is 43.0 Å². The first-order valence-electron chi connectivity index (χ1n) is 7.78. The minimum absolute atomic E-state index is 0.0201. The molecule has 0 aromatic heterocycles. The molecule has 1 aromatic rings. The largest absolute Gasteiger partial charge is 0.481 e. The van der Waals surface area contributed by atoms with E-state index in [0.29, 0.717) is 23.7 Å². The summed E-state index contributed by atoms with van der Waals surface area (Å²) in [6.45, 7) is 3.87. The third-order valence-corrected chi connectivity index (χ3v) is 4.31. The van der Waals surface area contributed by atoms with Gasteiger partial charge in [0.1, 0.15) is 0 Å². The molecule has 1 saturated heterocycles. The Hall–Kier alpha value is -2.08. The molecule has 1 atom stereocenters. The number of amides is 2. The number of aliphatic carboxylic acids is 1. The summed E-state index contributed by atoms with van der Waals surface area (Å²) in [6, 6.07) is 6.90. The van der Waals surface area contributed by atoms with Gasteiger partial charge in [-0.15, -0.1) is 0 Å². The summed E-state index contributed by atoms with van der Waals surface area (Å²) >= 11 is 5.85. The van der Waals surface area contributed by atoms with Crippen LogP contribution < -0.4 is 10.2 Å². The van der Waals surface area contributed by atoms with Crippen LogP contribution in [0.2, 0.25) is 5.02 Å². The van der Waals surface area contributed by atoms with E-state index in [-0.39, 0.29) is 24.7 Å². The predicted octanol–water partition coefficient (Wildman–Crippen LogP) is 2.45. The summed E-state index contributed by atoms with van der Waals surface area (Å²) in [5.74, 6) is -1.68. The van der Waals surface area contributed by atoms with Gasteiger partial charge in [-0.3, -0.25) is 14.4 Å². The van der Waals surface area contributed by atoms with Gasteiger partial charge < -0.3 is 15.3 Å². The van der Waals surface area contributed by atoms with Gasteiger partial charge in [-0.25, -0.2) is 0 Å². The highest BCUT2D eigenvalue weighted by atomic mass is 35.5. The fraction of sp³-hybridized carbons (Fsp3) is 0.471. The molecule has 0 spiro atoms. The fourth-order valence-electron chi connectivity index (χ4n) is 2.67. The van der Waals surface area contributed by atoms with Gasteiger partial charge in [0.25, 0.3) is 0 Å². The molecule has 1 unspecified atom stereocenters. The van der Waals surface area contributed by atoms with E-state index in [4.69, 9.17) is 16.7 Å². The Bertz CT molecular complexity index is 642. The Morgan fingerprint density at radius 1 is 1.33 bits per heavy atom. The fourth-order valence-corrected chi connectivity index (χ4v) is 2.80. The Morgan fingerprint density at radius 3 is 2.54 bits per heavy atom. The van der Waals surface area contributed by atoms with Crippen LogP contribution in [0.25, 0.3) is 0 Å². The lowest BCUT2D eigenvalue weighted by molar-refractivity contribution is -0.138. The van der Waals surface area contributed by atoms with Crippen molar-refractivity contribution in [2.75, 3.05) is 11.4 Å². The maximum atomic E-state index is 12.4. The normalized spacial score (nSPS) is 17.9. The average molecular weight is 353 g/mol. The summed E-state index contributed by atoms with van der Waals surface area (Å²) in [7, 11) is 0. The van der Waals surface area contributed by atoms with Crippen molar-refractivity contribution in [1.29, 1.82) is 0 Å². The summed E-state index contributed by atoms with van der Waals surface area (Å²) in [5, 5.41) is 12.2. The first-order chi connectivity index (χ1) is 11.2. The lowest BCUT2D eigenvalue weighted by Crippen LogP contribution is -2.46.